The molecule has 1 fully saturated rings. The maximum atomic E-state index is 12.3. The van der Waals surface area contributed by atoms with E-state index in [2.05, 4.69) is 4.74 Å². The van der Waals surface area contributed by atoms with Crippen LogP contribution in [0.5, 0.6) is 5.75 Å². The third-order valence-electron chi connectivity index (χ3n) is 3.68. The first kappa shape index (κ1) is 17.8. The van der Waals surface area contributed by atoms with Gasteiger partial charge >= 0.3 is 6.36 Å². The van der Waals surface area contributed by atoms with E-state index < -0.39 is 29.7 Å². The Morgan fingerprint density at radius 3 is 2.21 bits per heavy atom. The van der Waals surface area contributed by atoms with Crippen LogP contribution >= 0.6 is 0 Å². The lowest BCUT2D eigenvalue weighted by atomic mass is 9.96. The van der Waals surface area contributed by atoms with Crippen molar-refractivity contribution in [3.05, 3.63) is 29.8 Å². The van der Waals surface area contributed by atoms with E-state index in [0.29, 0.717) is 13.1 Å². The lowest BCUT2D eigenvalue weighted by molar-refractivity contribution is -0.274. The predicted octanol–water partition coefficient (Wildman–Crippen LogP) is 2.92. The molecule has 1 aliphatic heterocycles. The molecule has 1 atom stereocenters. The highest BCUT2D eigenvalue weighted by Gasteiger charge is 2.33. The average Bonchev–Trinajstić information content (AvgIpc) is 2.55. The Balaban J connectivity index is 2.10. The van der Waals surface area contributed by atoms with E-state index in [4.69, 9.17) is 0 Å². The van der Waals surface area contributed by atoms with Gasteiger partial charge in [-0.25, -0.2) is 0 Å². The number of benzene rings is 1. The summed E-state index contributed by atoms with van der Waals surface area (Å²) in [7, 11) is 0. The number of piperidine rings is 1. The van der Waals surface area contributed by atoms with E-state index in [9.17, 15) is 28.0 Å². The van der Waals surface area contributed by atoms with Crippen molar-refractivity contribution in [1.82, 2.24) is 4.90 Å². The molecule has 0 spiro atoms. The Kier molecular flexibility index (Phi) is 5.44. The highest BCUT2D eigenvalue weighted by Crippen LogP contribution is 2.24. The van der Waals surface area contributed by atoms with Crippen molar-refractivity contribution >= 4 is 11.7 Å². The molecular weight excluding hydrogens is 325 g/mol. The molecule has 5 nitrogen and oxygen atoms in total. The quantitative estimate of drug-likeness (QED) is 0.624. The van der Waals surface area contributed by atoms with Gasteiger partial charge in [0.15, 0.2) is 11.7 Å². The maximum absolute atomic E-state index is 12.3. The second-order valence-corrected chi connectivity index (χ2v) is 5.38. The van der Waals surface area contributed by atoms with Crippen molar-refractivity contribution in [2.45, 2.75) is 25.6 Å². The molecule has 2 rings (SSSR count). The first-order chi connectivity index (χ1) is 11.3. The van der Waals surface area contributed by atoms with Crippen molar-refractivity contribution in [3.63, 3.8) is 0 Å². The van der Waals surface area contributed by atoms with Gasteiger partial charge in [-0.05, 0) is 43.5 Å². The number of carbonyl (C=O) groups is 2. The van der Waals surface area contributed by atoms with Crippen LogP contribution in [0.15, 0.2) is 24.3 Å². The van der Waals surface area contributed by atoms with Crippen LogP contribution in [0, 0.1) is 17.2 Å². The fourth-order valence-corrected chi connectivity index (χ4v) is 2.51. The molecule has 0 saturated carbocycles. The second-order valence-electron chi connectivity index (χ2n) is 5.38. The summed E-state index contributed by atoms with van der Waals surface area (Å²) in [6.07, 6.45) is -2.19. The summed E-state index contributed by atoms with van der Waals surface area (Å²) in [6.45, 7) is 1.01. The monoisotopic (exact) mass is 340 g/mol. The van der Waals surface area contributed by atoms with Crippen LogP contribution in [-0.2, 0) is 4.79 Å². The maximum Gasteiger partial charge on any atom is 0.573 e. The van der Waals surface area contributed by atoms with Crippen LogP contribution in [-0.4, -0.2) is 36.0 Å². The Labute approximate surface area is 136 Å². The Morgan fingerprint density at radius 2 is 1.71 bits per heavy atom. The molecule has 1 aliphatic rings. The summed E-state index contributed by atoms with van der Waals surface area (Å²) in [4.78, 5) is 26.1. The molecule has 0 radical (unpaired) electrons. The van der Waals surface area contributed by atoms with Crippen LogP contribution < -0.4 is 4.74 Å². The number of ketones is 1. The molecule has 24 heavy (non-hydrogen) atoms. The third-order valence-corrected chi connectivity index (χ3v) is 3.68. The van der Waals surface area contributed by atoms with Gasteiger partial charge < -0.3 is 9.64 Å². The normalized spacial score (nSPS) is 16.2. The number of nitriles is 1. The minimum absolute atomic E-state index is 0.0126. The van der Waals surface area contributed by atoms with Gasteiger partial charge in [0.25, 0.3) is 0 Å². The fourth-order valence-electron chi connectivity index (χ4n) is 2.51. The van der Waals surface area contributed by atoms with Crippen molar-refractivity contribution in [2.24, 2.45) is 5.92 Å². The molecule has 128 valence electrons. The van der Waals surface area contributed by atoms with Gasteiger partial charge in [-0.1, -0.05) is 0 Å². The zero-order valence-corrected chi connectivity index (χ0v) is 12.7. The molecule has 1 aromatic carbocycles. The van der Waals surface area contributed by atoms with Gasteiger partial charge in [-0.15, -0.1) is 13.2 Å². The minimum atomic E-state index is -4.83. The molecule has 1 heterocycles. The van der Waals surface area contributed by atoms with E-state index in [0.717, 1.165) is 43.5 Å². The van der Waals surface area contributed by atoms with Crippen LogP contribution in [0.25, 0.3) is 0 Å². The summed E-state index contributed by atoms with van der Waals surface area (Å²) in [6, 6.07) is 5.86. The molecule has 1 saturated heterocycles. The van der Waals surface area contributed by atoms with Crippen molar-refractivity contribution in [3.8, 4) is 11.8 Å². The van der Waals surface area contributed by atoms with E-state index in [1.807, 2.05) is 0 Å². The minimum Gasteiger partial charge on any atom is -0.406 e. The van der Waals surface area contributed by atoms with Gasteiger partial charge in [0.1, 0.15) is 5.75 Å². The van der Waals surface area contributed by atoms with Gasteiger partial charge in [-0.3, -0.25) is 9.59 Å². The van der Waals surface area contributed by atoms with Crippen molar-refractivity contribution in [2.75, 3.05) is 13.1 Å². The van der Waals surface area contributed by atoms with Gasteiger partial charge in [0, 0.05) is 18.7 Å². The highest BCUT2D eigenvalue weighted by molar-refractivity contribution is 6.12. The largest absolute Gasteiger partial charge is 0.573 e. The number of hydrogen-bond donors (Lipinski definition) is 0. The SMILES string of the molecule is N#C[C@H](C(=O)c1ccc(OC(F)(F)F)cc1)C(=O)N1CCCCC1. The average molecular weight is 340 g/mol. The van der Waals surface area contributed by atoms with Crippen LogP contribution in [0.3, 0.4) is 0 Å². The summed E-state index contributed by atoms with van der Waals surface area (Å²) in [5.74, 6) is -3.25. The standard InChI is InChI=1S/C16H15F3N2O3/c17-16(18,19)24-12-6-4-11(5-7-12)14(22)13(10-20)15(23)21-8-2-1-3-9-21/h4-7,13H,1-3,8-9H2/t13-/m1/s1. The fraction of sp³-hybridized carbons (Fsp3) is 0.438. The van der Waals surface area contributed by atoms with Gasteiger partial charge in [-0.2, -0.15) is 5.26 Å². The predicted molar refractivity (Wildman–Crippen MR) is 77.0 cm³/mol. The summed E-state index contributed by atoms with van der Waals surface area (Å²) < 4.78 is 40.1. The zero-order valence-electron chi connectivity index (χ0n) is 12.7. The number of alkyl halides is 3. The summed E-state index contributed by atoms with van der Waals surface area (Å²) in [5.41, 5.74) is -0.0126. The lowest BCUT2D eigenvalue weighted by Crippen LogP contribution is -2.41. The van der Waals surface area contributed by atoms with E-state index >= 15 is 0 Å². The first-order valence-electron chi connectivity index (χ1n) is 7.40. The second kappa shape index (κ2) is 7.34. The van der Waals surface area contributed by atoms with E-state index in [1.165, 1.54) is 4.90 Å². The number of likely N-dealkylation sites (tertiary alicyclic amines) is 1. The molecular formula is C16H15F3N2O3. The Hall–Kier alpha value is -2.56. The molecule has 0 bridgehead atoms. The summed E-state index contributed by atoms with van der Waals surface area (Å²) >= 11 is 0. The molecule has 0 N–H and O–H groups in total. The lowest BCUT2D eigenvalue weighted by Gasteiger charge is -2.28. The zero-order chi connectivity index (χ0) is 17.7. The smallest absolute Gasteiger partial charge is 0.406 e. The number of rotatable bonds is 4. The number of ether oxygens (including phenoxy) is 1. The molecule has 0 aromatic heterocycles. The molecule has 1 amide bonds. The van der Waals surface area contributed by atoms with Crippen molar-refractivity contribution < 1.29 is 27.5 Å². The van der Waals surface area contributed by atoms with E-state index in [-0.39, 0.29) is 5.56 Å². The number of nitrogens with zero attached hydrogens (tertiary/aromatic N) is 2. The number of hydrogen-bond acceptors (Lipinski definition) is 4. The number of carbonyl (C=O) groups excluding carboxylic acids is 2. The summed E-state index contributed by atoms with van der Waals surface area (Å²) in [5, 5.41) is 9.17. The Bertz CT molecular complexity index is 644. The van der Waals surface area contributed by atoms with Crippen molar-refractivity contribution in [1.29, 1.82) is 5.26 Å². The van der Waals surface area contributed by atoms with Gasteiger partial charge in [0.2, 0.25) is 5.91 Å². The van der Waals surface area contributed by atoms with Crippen LogP contribution in [0.2, 0.25) is 0 Å². The number of halogens is 3. The topological polar surface area (TPSA) is 70.4 Å². The van der Waals surface area contributed by atoms with E-state index in [1.54, 1.807) is 6.07 Å². The number of amides is 1. The molecule has 0 aliphatic carbocycles. The van der Waals surface area contributed by atoms with Gasteiger partial charge in [0.05, 0.1) is 6.07 Å². The highest BCUT2D eigenvalue weighted by atomic mass is 19.4. The molecule has 1 aromatic rings. The first-order valence-corrected chi connectivity index (χ1v) is 7.40. The molecule has 0 unspecified atom stereocenters. The number of Topliss-reactive ketones (excluding diaryl/α,β-unsaturated/α-hetero) is 1. The molecule has 8 heteroatoms. The van der Waals surface area contributed by atoms with Crippen LogP contribution in [0.4, 0.5) is 13.2 Å². The van der Waals surface area contributed by atoms with Crippen LogP contribution in [0.1, 0.15) is 29.6 Å². The third kappa shape index (κ3) is 4.47. The Morgan fingerprint density at radius 1 is 1.12 bits per heavy atom.